The van der Waals surface area contributed by atoms with E-state index in [4.69, 9.17) is 0 Å². The summed E-state index contributed by atoms with van der Waals surface area (Å²) in [4.78, 5) is 33.1. The van der Waals surface area contributed by atoms with Crippen molar-refractivity contribution < 1.29 is 9.59 Å². The Hall–Kier alpha value is -2.17. The molecule has 2 fully saturated rings. The molecule has 5 nitrogen and oxygen atoms in total. The van der Waals surface area contributed by atoms with E-state index in [2.05, 4.69) is 11.9 Å². The van der Waals surface area contributed by atoms with Gasteiger partial charge in [0.2, 0.25) is 11.8 Å². The maximum Gasteiger partial charge on any atom is 0.226 e. The van der Waals surface area contributed by atoms with Crippen molar-refractivity contribution in [2.75, 3.05) is 19.6 Å². The number of carbonyl (C=O) groups excluding carboxylic acids is 2. The van der Waals surface area contributed by atoms with Crippen LogP contribution in [0.15, 0.2) is 36.7 Å². The Balaban J connectivity index is 1.65. The Morgan fingerprint density at radius 2 is 2.19 bits per heavy atom. The molecular weight excluding hydrogens is 326 g/mol. The quantitative estimate of drug-likeness (QED) is 0.763. The second-order valence-electron chi connectivity index (χ2n) is 7.61. The van der Waals surface area contributed by atoms with E-state index in [1.807, 2.05) is 40.3 Å². The second kappa shape index (κ2) is 8.47. The van der Waals surface area contributed by atoms with Crippen LogP contribution < -0.4 is 0 Å². The van der Waals surface area contributed by atoms with Gasteiger partial charge in [-0.3, -0.25) is 14.6 Å². The number of piperidine rings is 2. The number of allylic oxidation sites excluding steroid dienone is 1. The highest BCUT2D eigenvalue weighted by molar-refractivity contribution is 5.79. The SMILES string of the molecule is CCC=CCC(=O)N1CCCC2(CCC(=O)N(Cc3cccnc3)C2)C1. The van der Waals surface area contributed by atoms with E-state index in [-0.39, 0.29) is 17.2 Å². The molecule has 0 radical (unpaired) electrons. The maximum atomic E-state index is 12.5. The molecule has 1 spiro atoms. The van der Waals surface area contributed by atoms with Crippen LogP contribution in [-0.2, 0) is 16.1 Å². The van der Waals surface area contributed by atoms with E-state index in [9.17, 15) is 9.59 Å². The molecule has 0 saturated carbocycles. The molecule has 0 N–H and O–H groups in total. The lowest BCUT2D eigenvalue weighted by atomic mass is 9.73. The van der Waals surface area contributed by atoms with Crippen molar-refractivity contribution in [2.45, 2.75) is 52.0 Å². The number of hydrogen-bond donors (Lipinski definition) is 0. The number of aromatic nitrogens is 1. The van der Waals surface area contributed by atoms with Crippen LogP contribution in [-0.4, -0.2) is 46.2 Å². The highest BCUT2D eigenvalue weighted by atomic mass is 16.2. The number of nitrogens with zero attached hydrogens (tertiary/aromatic N) is 3. The number of pyridine rings is 1. The lowest BCUT2D eigenvalue weighted by molar-refractivity contribution is -0.143. The van der Waals surface area contributed by atoms with E-state index >= 15 is 0 Å². The first kappa shape index (κ1) is 18.6. The summed E-state index contributed by atoms with van der Waals surface area (Å²) in [5.74, 6) is 0.429. The maximum absolute atomic E-state index is 12.5. The van der Waals surface area contributed by atoms with Gasteiger partial charge in [0.1, 0.15) is 0 Å². The summed E-state index contributed by atoms with van der Waals surface area (Å²) in [6, 6.07) is 3.92. The molecule has 2 saturated heterocycles. The molecule has 26 heavy (non-hydrogen) atoms. The smallest absolute Gasteiger partial charge is 0.226 e. The van der Waals surface area contributed by atoms with E-state index in [1.54, 1.807) is 6.20 Å². The minimum absolute atomic E-state index is 0.0541. The van der Waals surface area contributed by atoms with Crippen LogP contribution in [0, 0.1) is 5.41 Å². The summed E-state index contributed by atoms with van der Waals surface area (Å²) in [5, 5.41) is 0. The fraction of sp³-hybridized carbons (Fsp3) is 0.571. The Kier molecular flexibility index (Phi) is 6.07. The molecule has 2 aliphatic rings. The highest BCUT2D eigenvalue weighted by Gasteiger charge is 2.42. The number of carbonyl (C=O) groups is 2. The first-order valence-corrected chi connectivity index (χ1v) is 9.71. The number of hydrogen-bond acceptors (Lipinski definition) is 3. The highest BCUT2D eigenvalue weighted by Crippen LogP contribution is 2.39. The van der Waals surface area contributed by atoms with E-state index < -0.39 is 0 Å². The monoisotopic (exact) mass is 355 g/mol. The second-order valence-corrected chi connectivity index (χ2v) is 7.61. The molecule has 1 unspecified atom stereocenters. The first-order valence-electron chi connectivity index (χ1n) is 9.71. The molecule has 140 valence electrons. The Bertz CT molecular complexity index is 658. The zero-order chi connectivity index (χ0) is 18.4. The zero-order valence-corrected chi connectivity index (χ0v) is 15.7. The van der Waals surface area contributed by atoms with Gasteiger partial charge >= 0.3 is 0 Å². The van der Waals surface area contributed by atoms with Crippen molar-refractivity contribution in [1.29, 1.82) is 0 Å². The molecule has 1 atom stereocenters. The van der Waals surface area contributed by atoms with E-state index in [0.29, 0.717) is 19.4 Å². The van der Waals surface area contributed by atoms with Crippen LogP contribution in [0.25, 0.3) is 0 Å². The van der Waals surface area contributed by atoms with Gasteiger partial charge in [-0.2, -0.15) is 0 Å². The van der Waals surface area contributed by atoms with Gasteiger partial charge in [-0.25, -0.2) is 0 Å². The fourth-order valence-electron chi connectivity index (χ4n) is 4.19. The molecule has 0 aliphatic carbocycles. The number of likely N-dealkylation sites (tertiary alicyclic amines) is 2. The van der Waals surface area contributed by atoms with Gasteiger partial charge in [-0.05, 0) is 37.3 Å². The molecule has 0 aromatic carbocycles. The predicted octanol–water partition coefficient (Wildman–Crippen LogP) is 3.17. The molecule has 3 rings (SSSR count). The summed E-state index contributed by atoms with van der Waals surface area (Å²) in [6.45, 7) is 5.06. The van der Waals surface area contributed by atoms with E-state index in [1.165, 1.54) is 0 Å². The minimum atomic E-state index is 0.0541. The molecule has 2 amide bonds. The van der Waals surface area contributed by atoms with Crippen molar-refractivity contribution >= 4 is 11.8 Å². The average Bonchev–Trinajstić information content (AvgIpc) is 2.66. The summed E-state index contributed by atoms with van der Waals surface area (Å²) in [5.41, 5.74) is 1.12. The van der Waals surface area contributed by atoms with Gasteiger partial charge in [0.25, 0.3) is 0 Å². The summed E-state index contributed by atoms with van der Waals surface area (Å²) in [6.07, 6.45) is 12.6. The summed E-state index contributed by atoms with van der Waals surface area (Å²) < 4.78 is 0. The van der Waals surface area contributed by atoms with Crippen LogP contribution in [0.3, 0.4) is 0 Å². The standard InChI is InChI=1S/C21H29N3O2/c1-2-3-4-8-19(25)23-13-6-10-21(16-23)11-9-20(26)24(17-21)15-18-7-5-12-22-14-18/h3-5,7,12,14H,2,6,8-11,13,15-17H2,1H3. The summed E-state index contributed by atoms with van der Waals surface area (Å²) >= 11 is 0. The van der Waals surface area contributed by atoms with Gasteiger partial charge in [0.05, 0.1) is 0 Å². The Morgan fingerprint density at radius 3 is 2.96 bits per heavy atom. The molecule has 1 aromatic rings. The van der Waals surface area contributed by atoms with Crippen LogP contribution in [0.1, 0.15) is 51.0 Å². The third kappa shape index (κ3) is 4.51. The topological polar surface area (TPSA) is 53.5 Å². The number of rotatable bonds is 5. The third-order valence-electron chi connectivity index (χ3n) is 5.55. The largest absolute Gasteiger partial charge is 0.342 e. The van der Waals surface area contributed by atoms with E-state index in [0.717, 1.165) is 50.9 Å². The van der Waals surface area contributed by atoms with Crippen LogP contribution in [0.5, 0.6) is 0 Å². The Labute approximate surface area is 156 Å². The zero-order valence-electron chi connectivity index (χ0n) is 15.7. The van der Waals surface area contributed by atoms with Gasteiger partial charge in [-0.15, -0.1) is 0 Å². The van der Waals surface area contributed by atoms with Gasteiger partial charge in [0, 0.05) is 56.8 Å². The van der Waals surface area contributed by atoms with Gasteiger partial charge in [0.15, 0.2) is 0 Å². The minimum Gasteiger partial charge on any atom is -0.342 e. The van der Waals surface area contributed by atoms with Crippen molar-refractivity contribution in [3.05, 3.63) is 42.2 Å². The molecule has 2 aliphatic heterocycles. The molecule has 0 bridgehead atoms. The summed E-state index contributed by atoms with van der Waals surface area (Å²) in [7, 11) is 0. The van der Waals surface area contributed by atoms with Crippen molar-refractivity contribution in [3.8, 4) is 0 Å². The molecular formula is C21H29N3O2. The van der Waals surface area contributed by atoms with Gasteiger partial charge in [-0.1, -0.05) is 25.1 Å². The van der Waals surface area contributed by atoms with Gasteiger partial charge < -0.3 is 9.80 Å². The van der Waals surface area contributed by atoms with Crippen molar-refractivity contribution in [2.24, 2.45) is 5.41 Å². The predicted molar refractivity (Wildman–Crippen MR) is 101 cm³/mol. The molecule has 1 aromatic heterocycles. The number of amides is 2. The molecule has 5 heteroatoms. The van der Waals surface area contributed by atoms with Crippen molar-refractivity contribution in [3.63, 3.8) is 0 Å². The van der Waals surface area contributed by atoms with Crippen LogP contribution >= 0.6 is 0 Å². The fourth-order valence-corrected chi connectivity index (χ4v) is 4.19. The first-order chi connectivity index (χ1) is 12.6. The van der Waals surface area contributed by atoms with Crippen molar-refractivity contribution in [1.82, 2.24) is 14.8 Å². The van der Waals surface area contributed by atoms with Crippen LogP contribution in [0.4, 0.5) is 0 Å². The molecule has 3 heterocycles. The van der Waals surface area contributed by atoms with Crippen LogP contribution in [0.2, 0.25) is 0 Å². The average molecular weight is 355 g/mol. The lowest BCUT2D eigenvalue weighted by Gasteiger charge is -2.48. The Morgan fingerprint density at radius 1 is 1.31 bits per heavy atom. The third-order valence-corrected chi connectivity index (χ3v) is 5.55. The lowest BCUT2D eigenvalue weighted by Crippen LogP contribution is -2.54. The normalized spacial score (nSPS) is 23.8.